The van der Waals surface area contributed by atoms with Crippen LogP contribution >= 0.6 is 0 Å². The van der Waals surface area contributed by atoms with Gasteiger partial charge in [-0.25, -0.2) is 4.98 Å². The lowest BCUT2D eigenvalue weighted by Crippen LogP contribution is -2.27. The van der Waals surface area contributed by atoms with Crippen molar-refractivity contribution in [1.82, 2.24) is 29.6 Å². The van der Waals surface area contributed by atoms with E-state index in [0.717, 1.165) is 69.7 Å². The number of nitrogens with zero attached hydrogens (tertiary/aromatic N) is 5. The predicted octanol–water partition coefficient (Wildman–Crippen LogP) is 4.90. The third-order valence-electron chi connectivity index (χ3n) is 6.07. The number of aromatic amines is 1. The minimum atomic E-state index is 0.676. The lowest BCUT2D eigenvalue weighted by atomic mass is 10.1. The lowest BCUT2D eigenvalue weighted by Gasteiger charge is -2.18. The van der Waals surface area contributed by atoms with Crippen LogP contribution in [0.3, 0.4) is 0 Å². The molecule has 0 bridgehead atoms. The molecule has 1 aromatic carbocycles. The van der Waals surface area contributed by atoms with Crippen LogP contribution in [-0.2, 0) is 7.05 Å². The summed E-state index contributed by atoms with van der Waals surface area (Å²) in [5.41, 5.74) is 5.84. The molecular weight excluding hydrogens is 412 g/mol. The third-order valence-corrected chi connectivity index (χ3v) is 6.07. The van der Waals surface area contributed by atoms with Gasteiger partial charge < -0.3 is 14.6 Å². The van der Waals surface area contributed by atoms with E-state index in [4.69, 9.17) is 9.72 Å². The van der Waals surface area contributed by atoms with E-state index in [9.17, 15) is 0 Å². The Balaban J connectivity index is 1.45. The smallest absolute Gasteiger partial charge is 0.138 e. The van der Waals surface area contributed by atoms with Crippen molar-refractivity contribution in [3.63, 3.8) is 0 Å². The summed E-state index contributed by atoms with van der Waals surface area (Å²) in [6.45, 7) is 8.02. The van der Waals surface area contributed by atoms with Crippen LogP contribution in [0.5, 0.6) is 5.75 Å². The highest BCUT2D eigenvalue weighted by Crippen LogP contribution is 2.31. The molecule has 7 nitrogen and oxygen atoms in total. The van der Waals surface area contributed by atoms with Crippen molar-refractivity contribution in [2.75, 3.05) is 26.2 Å². The Morgan fingerprint density at radius 2 is 1.82 bits per heavy atom. The standard InChI is InChI=1S/C26H28N6O/c1-4-32(5-2)9-10-33-21-8-6-7-18(11-21)19-12-23-22-13-24(20-15-29-31(3)17-20)27-16-25(22)30-26(23)28-14-19/h6-8,11-17H,4-5,9-10H2,1-3H3,(H,28,30). The molecule has 33 heavy (non-hydrogen) atoms. The van der Waals surface area contributed by atoms with Crippen LogP contribution in [0.4, 0.5) is 0 Å². The number of pyridine rings is 2. The molecule has 0 aliphatic carbocycles. The van der Waals surface area contributed by atoms with Gasteiger partial charge in [0.25, 0.3) is 0 Å². The van der Waals surface area contributed by atoms with Gasteiger partial charge in [0.1, 0.15) is 18.0 Å². The molecule has 7 heteroatoms. The fraction of sp³-hybridized carbons (Fsp3) is 0.269. The van der Waals surface area contributed by atoms with E-state index in [1.54, 1.807) is 4.68 Å². The molecule has 0 saturated carbocycles. The van der Waals surface area contributed by atoms with Crippen LogP contribution in [-0.4, -0.2) is 55.9 Å². The minimum absolute atomic E-state index is 0.676. The second-order valence-electron chi connectivity index (χ2n) is 8.17. The second kappa shape index (κ2) is 9.03. The van der Waals surface area contributed by atoms with E-state index in [2.05, 4.69) is 58.1 Å². The molecule has 1 N–H and O–H groups in total. The Bertz CT molecular complexity index is 1400. The summed E-state index contributed by atoms with van der Waals surface area (Å²) in [7, 11) is 1.91. The first-order chi connectivity index (χ1) is 16.1. The number of hydrogen-bond acceptors (Lipinski definition) is 5. The molecule has 0 radical (unpaired) electrons. The highest BCUT2D eigenvalue weighted by molar-refractivity contribution is 6.07. The summed E-state index contributed by atoms with van der Waals surface area (Å²) in [6, 6.07) is 12.5. The van der Waals surface area contributed by atoms with Crippen molar-refractivity contribution in [2.24, 2.45) is 7.05 Å². The zero-order chi connectivity index (χ0) is 22.8. The van der Waals surface area contributed by atoms with Crippen molar-refractivity contribution in [1.29, 1.82) is 0 Å². The molecule has 5 aromatic rings. The van der Waals surface area contributed by atoms with E-state index >= 15 is 0 Å². The van der Waals surface area contributed by atoms with Crippen molar-refractivity contribution < 1.29 is 4.74 Å². The molecule has 0 saturated heterocycles. The number of H-pyrrole nitrogens is 1. The molecule has 0 aliphatic heterocycles. The van der Waals surface area contributed by atoms with Crippen molar-refractivity contribution in [2.45, 2.75) is 13.8 Å². The van der Waals surface area contributed by atoms with Gasteiger partial charge in [0, 0.05) is 47.9 Å². The Hall–Kier alpha value is -3.71. The zero-order valence-electron chi connectivity index (χ0n) is 19.2. The van der Waals surface area contributed by atoms with Gasteiger partial charge in [-0.1, -0.05) is 26.0 Å². The van der Waals surface area contributed by atoms with Gasteiger partial charge in [-0.3, -0.25) is 9.67 Å². The van der Waals surface area contributed by atoms with Crippen LogP contribution in [0.2, 0.25) is 0 Å². The molecule has 0 unspecified atom stereocenters. The summed E-state index contributed by atoms with van der Waals surface area (Å²) in [5, 5.41) is 6.44. The molecule has 0 atom stereocenters. The van der Waals surface area contributed by atoms with Crippen LogP contribution in [0.1, 0.15) is 13.8 Å². The highest BCUT2D eigenvalue weighted by Gasteiger charge is 2.11. The summed E-state index contributed by atoms with van der Waals surface area (Å²) >= 11 is 0. The first-order valence-corrected chi connectivity index (χ1v) is 11.4. The molecule has 168 valence electrons. The average Bonchev–Trinajstić information content (AvgIpc) is 3.44. The van der Waals surface area contributed by atoms with Crippen LogP contribution < -0.4 is 4.74 Å². The SMILES string of the molecule is CCN(CC)CCOc1cccc(-c2cnc3[nH]c4cnc(-c5cnn(C)c5)cc4c3c2)c1. The fourth-order valence-corrected chi connectivity index (χ4v) is 4.14. The topological polar surface area (TPSA) is 71.9 Å². The van der Waals surface area contributed by atoms with E-state index in [0.29, 0.717) is 6.61 Å². The predicted molar refractivity (Wildman–Crippen MR) is 132 cm³/mol. The number of rotatable bonds is 8. The molecule has 5 rings (SSSR count). The zero-order valence-corrected chi connectivity index (χ0v) is 19.2. The van der Waals surface area contributed by atoms with Crippen molar-refractivity contribution >= 4 is 21.9 Å². The first-order valence-electron chi connectivity index (χ1n) is 11.4. The summed E-state index contributed by atoms with van der Waals surface area (Å²) in [4.78, 5) is 15.0. The minimum Gasteiger partial charge on any atom is -0.492 e. The lowest BCUT2D eigenvalue weighted by molar-refractivity contribution is 0.223. The Morgan fingerprint density at radius 1 is 0.939 bits per heavy atom. The van der Waals surface area contributed by atoms with Gasteiger partial charge in [0.2, 0.25) is 0 Å². The van der Waals surface area contributed by atoms with Gasteiger partial charge in [-0.05, 0) is 42.9 Å². The molecule has 0 amide bonds. The second-order valence-corrected chi connectivity index (χ2v) is 8.17. The van der Waals surface area contributed by atoms with Crippen LogP contribution in [0.25, 0.3) is 44.3 Å². The van der Waals surface area contributed by atoms with Gasteiger partial charge in [0.15, 0.2) is 0 Å². The summed E-state index contributed by atoms with van der Waals surface area (Å²) in [5.74, 6) is 0.877. The van der Waals surface area contributed by atoms with Gasteiger partial charge in [0.05, 0.1) is 23.6 Å². The highest BCUT2D eigenvalue weighted by atomic mass is 16.5. The molecule has 4 aromatic heterocycles. The maximum Gasteiger partial charge on any atom is 0.138 e. The maximum absolute atomic E-state index is 6.03. The number of aromatic nitrogens is 5. The first kappa shape index (κ1) is 21.2. The van der Waals surface area contributed by atoms with Crippen LogP contribution in [0.15, 0.2) is 61.2 Å². The third kappa shape index (κ3) is 4.32. The number of fused-ring (bicyclic) bond motifs is 3. The van der Waals surface area contributed by atoms with Crippen LogP contribution in [0, 0.1) is 0 Å². The van der Waals surface area contributed by atoms with Gasteiger partial charge >= 0.3 is 0 Å². The van der Waals surface area contributed by atoms with Crippen molar-refractivity contribution in [3.8, 4) is 28.1 Å². The maximum atomic E-state index is 6.03. The molecular formula is C26H28N6O. The molecule has 0 aliphatic rings. The van der Waals surface area contributed by atoms with Gasteiger partial charge in [-0.2, -0.15) is 5.10 Å². The average molecular weight is 441 g/mol. The summed E-state index contributed by atoms with van der Waals surface area (Å²) < 4.78 is 7.81. The fourth-order valence-electron chi connectivity index (χ4n) is 4.14. The number of aryl methyl sites for hydroxylation is 1. The number of likely N-dealkylation sites (N-methyl/N-ethyl adjacent to an activating group) is 1. The molecule has 0 fully saturated rings. The number of hydrogen-bond donors (Lipinski definition) is 1. The van der Waals surface area contributed by atoms with Gasteiger partial charge in [-0.15, -0.1) is 0 Å². The number of ether oxygens (including phenoxy) is 1. The quantitative estimate of drug-likeness (QED) is 0.372. The number of nitrogens with one attached hydrogen (secondary N) is 1. The summed E-state index contributed by atoms with van der Waals surface area (Å²) in [6.07, 6.45) is 7.57. The van der Waals surface area contributed by atoms with E-state index in [1.807, 2.05) is 44.0 Å². The molecule has 4 heterocycles. The van der Waals surface area contributed by atoms with Crippen molar-refractivity contribution in [3.05, 3.63) is 61.2 Å². The Morgan fingerprint density at radius 3 is 2.61 bits per heavy atom. The largest absolute Gasteiger partial charge is 0.492 e. The molecule has 0 spiro atoms. The Kier molecular flexibility index (Phi) is 5.79. The normalized spacial score (nSPS) is 11.6. The van der Waals surface area contributed by atoms with E-state index in [1.165, 1.54) is 0 Å². The van der Waals surface area contributed by atoms with E-state index in [-0.39, 0.29) is 0 Å². The Labute approximate surface area is 193 Å². The number of benzene rings is 1. The monoisotopic (exact) mass is 440 g/mol. The van der Waals surface area contributed by atoms with E-state index < -0.39 is 0 Å².